The van der Waals surface area contributed by atoms with E-state index in [9.17, 15) is 4.79 Å². The van der Waals surface area contributed by atoms with Gasteiger partial charge in [0.1, 0.15) is 0 Å². The molecule has 16 heavy (non-hydrogen) atoms. The Morgan fingerprint density at radius 3 is 2.81 bits per heavy atom. The van der Waals surface area contributed by atoms with E-state index in [4.69, 9.17) is 5.73 Å². The van der Waals surface area contributed by atoms with E-state index in [1.54, 1.807) is 13.1 Å². The van der Waals surface area contributed by atoms with Gasteiger partial charge in [0.2, 0.25) is 0 Å². The van der Waals surface area contributed by atoms with E-state index in [2.05, 4.69) is 20.6 Å². The zero-order chi connectivity index (χ0) is 11.5. The molecule has 0 fully saturated rings. The quantitative estimate of drug-likeness (QED) is 0.741. The Hall–Kier alpha value is -2.44. The highest BCUT2D eigenvalue weighted by Crippen LogP contribution is 2.16. The molecular weight excluding hydrogens is 208 g/mol. The number of hydrogen-bond donors (Lipinski definition) is 2. The minimum atomic E-state index is -0.301. The molecule has 82 valence electrons. The Balaban J connectivity index is 2.21. The van der Waals surface area contributed by atoms with E-state index in [0.717, 1.165) is 0 Å². The van der Waals surface area contributed by atoms with Gasteiger partial charge in [-0.2, -0.15) is 15.3 Å². The SMILES string of the molecule is Cn1ncc(N)c1NC(=O)c1ccnnc1. The summed E-state index contributed by atoms with van der Waals surface area (Å²) in [4.78, 5) is 11.7. The predicted octanol–water partition coefficient (Wildman–Crippen LogP) is 0.0446. The van der Waals surface area contributed by atoms with Crippen molar-refractivity contribution in [1.82, 2.24) is 20.0 Å². The molecule has 0 saturated carbocycles. The van der Waals surface area contributed by atoms with Gasteiger partial charge in [-0.05, 0) is 6.07 Å². The van der Waals surface area contributed by atoms with Crippen LogP contribution in [-0.2, 0) is 7.05 Å². The molecular formula is C9H10N6O. The largest absolute Gasteiger partial charge is 0.394 e. The third kappa shape index (κ3) is 1.83. The fourth-order valence-electron chi connectivity index (χ4n) is 1.21. The van der Waals surface area contributed by atoms with Crippen LogP contribution in [-0.4, -0.2) is 25.9 Å². The van der Waals surface area contributed by atoms with Gasteiger partial charge in [-0.1, -0.05) is 0 Å². The molecule has 0 aliphatic heterocycles. The van der Waals surface area contributed by atoms with Crippen LogP contribution >= 0.6 is 0 Å². The molecule has 3 N–H and O–H groups in total. The van der Waals surface area contributed by atoms with Crippen molar-refractivity contribution in [2.75, 3.05) is 11.1 Å². The van der Waals surface area contributed by atoms with Crippen molar-refractivity contribution in [3.05, 3.63) is 30.2 Å². The van der Waals surface area contributed by atoms with Crippen molar-refractivity contribution >= 4 is 17.4 Å². The summed E-state index contributed by atoms with van der Waals surface area (Å²) >= 11 is 0. The van der Waals surface area contributed by atoms with Gasteiger partial charge in [0.25, 0.3) is 5.91 Å². The Bertz CT molecular complexity index is 486. The number of hydrogen-bond acceptors (Lipinski definition) is 5. The van der Waals surface area contributed by atoms with Gasteiger partial charge >= 0.3 is 0 Å². The number of aromatic nitrogens is 4. The molecule has 7 nitrogen and oxygen atoms in total. The van der Waals surface area contributed by atoms with Crippen molar-refractivity contribution < 1.29 is 4.79 Å². The summed E-state index contributed by atoms with van der Waals surface area (Å²) in [6.07, 6.45) is 4.30. The highest BCUT2D eigenvalue weighted by atomic mass is 16.1. The van der Waals surface area contributed by atoms with Crippen LogP contribution < -0.4 is 11.1 Å². The molecule has 2 rings (SSSR count). The molecule has 0 aliphatic rings. The van der Waals surface area contributed by atoms with E-state index < -0.39 is 0 Å². The maximum absolute atomic E-state index is 11.7. The minimum absolute atomic E-state index is 0.301. The average molecular weight is 218 g/mol. The van der Waals surface area contributed by atoms with Crippen LogP contribution in [0, 0.1) is 0 Å². The molecule has 0 aromatic carbocycles. The lowest BCUT2D eigenvalue weighted by Crippen LogP contribution is -2.15. The molecule has 0 spiro atoms. The number of nitrogens with two attached hydrogens (primary N) is 1. The van der Waals surface area contributed by atoms with Crippen molar-refractivity contribution in [3.63, 3.8) is 0 Å². The van der Waals surface area contributed by atoms with E-state index in [0.29, 0.717) is 17.1 Å². The zero-order valence-electron chi connectivity index (χ0n) is 8.58. The van der Waals surface area contributed by atoms with Crippen molar-refractivity contribution in [1.29, 1.82) is 0 Å². The number of rotatable bonds is 2. The lowest BCUT2D eigenvalue weighted by molar-refractivity contribution is 0.102. The number of carbonyl (C=O) groups is 1. The summed E-state index contributed by atoms with van der Waals surface area (Å²) in [5, 5.41) is 13.8. The van der Waals surface area contributed by atoms with E-state index in [1.807, 2.05) is 0 Å². The van der Waals surface area contributed by atoms with E-state index in [1.165, 1.54) is 23.3 Å². The van der Waals surface area contributed by atoms with Crippen molar-refractivity contribution in [2.24, 2.45) is 7.05 Å². The van der Waals surface area contributed by atoms with Crippen LogP contribution in [0.5, 0.6) is 0 Å². The van der Waals surface area contributed by atoms with Gasteiger partial charge in [0, 0.05) is 7.05 Å². The molecule has 2 heterocycles. The summed E-state index contributed by atoms with van der Waals surface area (Å²) in [5.41, 5.74) is 6.47. The second kappa shape index (κ2) is 3.97. The van der Waals surface area contributed by atoms with Crippen molar-refractivity contribution in [2.45, 2.75) is 0 Å². The number of amides is 1. The molecule has 0 radical (unpaired) electrons. The van der Waals surface area contributed by atoms with Gasteiger partial charge in [-0.3, -0.25) is 9.48 Å². The van der Waals surface area contributed by atoms with Gasteiger partial charge in [-0.15, -0.1) is 0 Å². The molecule has 0 aliphatic carbocycles. The molecule has 2 aromatic rings. The summed E-state index contributed by atoms with van der Waals surface area (Å²) in [6.45, 7) is 0. The van der Waals surface area contributed by atoms with Crippen LogP contribution in [0.4, 0.5) is 11.5 Å². The highest BCUT2D eigenvalue weighted by Gasteiger charge is 2.11. The van der Waals surface area contributed by atoms with Crippen LogP contribution in [0.3, 0.4) is 0 Å². The molecule has 0 atom stereocenters. The lowest BCUT2D eigenvalue weighted by Gasteiger charge is -2.05. The van der Waals surface area contributed by atoms with Crippen LogP contribution in [0.15, 0.2) is 24.7 Å². The van der Waals surface area contributed by atoms with E-state index in [-0.39, 0.29) is 5.91 Å². The topological polar surface area (TPSA) is 98.7 Å². The third-order valence-electron chi connectivity index (χ3n) is 2.05. The van der Waals surface area contributed by atoms with E-state index >= 15 is 0 Å². The first-order valence-corrected chi connectivity index (χ1v) is 4.54. The molecule has 0 saturated heterocycles. The smallest absolute Gasteiger partial charge is 0.258 e. The van der Waals surface area contributed by atoms with Gasteiger partial charge in [-0.25, -0.2) is 0 Å². The van der Waals surface area contributed by atoms with Crippen LogP contribution in [0.25, 0.3) is 0 Å². The number of nitrogens with one attached hydrogen (secondary N) is 1. The molecule has 7 heteroatoms. The summed E-state index contributed by atoms with van der Waals surface area (Å²) in [7, 11) is 1.69. The molecule has 0 unspecified atom stereocenters. The second-order valence-electron chi connectivity index (χ2n) is 3.16. The predicted molar refractivity (Wildman–Crippen MR) is 57.6 cm³/mol. The zero-order valence-corrected chi connectivity index (χ0v) is 8.58. The standard InChI is InChI=1S/C9H10N6O/c1-15-8(7(10)5-13-15)14-9(16)6-2-3-11-12-4-6/h2-5H,10H2,1H3,(H,14,16). The third-order valence-corrected chi connectivity index (χ3v) is 2.05. The normalized spacial score (nSPS) is 10.1. The second-order valence-corrected chi connectivity index (χ2v) is 3.16. The van der Waals surface area contributed by atoms with Crippen LogP contribution in [0.2, 0.25) is 0 Å². The summed E-state index contributed by atoms with van der Waals surface area (Å²) in [6, 6.07) is 1.56. The molecule has 0 bridgehead atoms. The maximum Gasteiger partial charge on any atom is 0.258 e. The maximum atomic E-state index is 11.7. The molecule has 2 aromatic heterocycles. The van der Waals surface area contributed by atoms with Crippen molar-refractivity contribution in [3.8, 4) is 0 Å². The first kappa shape index (κ1) is 10.1. The summed E-state index contributed by atoms with van der Waals surface area (Å²) in [5.74, 6) is 0.159. The minimum Gasteiger partial charge on any atom is -0.394 e. The first-order chi connectivity index (χ1) is 7.68. The monoisotopic (exact) mass is 218 g/mol. The lowest BCUT2D eigenvalue weighted by atomic mass is 10.3. The average Bonchev–Trinajstić information content (AvgIpc) is 2.62. The highest BCUT2D eigenvalue weighted by molar-refractivity contribution is 6.04. The Labute approximate surface area is 91.3 Å². The number of nitrogens with zero attached hydrogens (tertiary/aromatic N) is 4. The Morgan fingerprint density at radius 2 is 2.25 bits per heavy atom. The van der Waals surface area contributed by atoms with Gasteiger partial charge in [0.15, 0.2) is 5.82 Å². The Kier molecular flexibility index (Phi) is 2.50. The molecule has 1 amide bonds. The number of aryl methyl sites for hydroxylation is 1. The summed E-state index contributed by atoms with van der Waals surface area (Å²) < 4.78 is 1.49. The number of carbonyl (C=O) groups excluding carboxylic acids is 1. The fourth-order valence-corrected chi connectivity index (χ4v) is 1.21. The van der Waals surface area contributed by atoms with Gasteiger partial charge in [0.05, 0.1) is 29.8 Å². The number of nitrogen functional groups attached to an aromatic ring is 1. The van der Waals surface area contributed by atoms with Gasteiger partial charge < -0.3 is 11.1 Å². The van der Waals surface area contributed by atoms with Crippen LogP contribution in [0.1, 0.15) is 10.4 Å². The Morgan fingerprint density at radius 1 is 1.44 bits per heavy atom. The first-order valence-electron chi connectivity index (χ1n) is 4.54. The fraction of sp³-hybridized carbons (Fsp3) is 0.111. The number of anilines is 2.